The van der Waals surface area contributed by atoms with Gasteiger partial charge in [-0.15, -0.1) is 11.3 Å². The van der Waals surface area contributed by atoms with Gasteiger partial charge >= 0.3 is 0 Å². The predicted octanol–water partition coefficient (Wildman–Crippen LogP) is 4.85. The van der Waals surface area contributed by atoms with E-state index < -0.39 is 0 Å². The van der Waals surface area contributed by atoms with Crippen LogP contribution in [0.4, 0.5) is 4.39 Å². The van der Waals surface area contributed by atoms with Crippen LogP contribution in [0, 0.1) is 5.82 Å². The fourth-order valence-electron chi connectivity index (χ4n) is 2.07. The Morgan fingerprint density at radius 1 is 1.38 bits per heavy atom. The Morgan fingerprint density at radius 3 is 2.67 bits per heavy atom. The summed E-state index contributed by atoms with van der Waals surface area (Å²) < 4.78 is 14.9. The maximum atomic E-state index is 14.0. The lowest BCUT2D eigenvalue weighted by Gasteiger charge is -2.17. The topological polar surface area (TPSA) is 24.9 Å². The summed E-state index contributed by atoms with van der Waals surface area (Å²) in [6, 6.07) is 4.95. The number of likely N-dealkylation sites (N-methyl/N-ethyl adjacent to an activating group) is 1. The first-order chi connectivity index (χ1) is 9.81. The molecule has 0 aliphatic carbocycles. The van der Waals surface area contributed by atoms with Crippen LogP contribution in [0.15, 0.2) is 28.1 Å². The van der Waals surface area contributed by atoms with Gasteiger partial charge in [-0.2, -0.15) is 0 Å². The van der Waals surface area contributed by atoms with E-state index in [4.69, 9.17) is 4.98 Å². The van der Waals surface area contributed by atoms with Gasteiger partial charge in [-0.1, -0.05) is 36.7 Å². The first-order valence-corrected chi connectivity index (χ1v) is 8.55. The molecular formula is C16H20BrFN2S. The third kappa shape index (κ3) is 4.11. The van der Waals surface area contributed by atoms with Crippen molar-refractivity contribution in [3.63, 3.8) is 0 Å². The molecule has 1 aromatic carbocycles. The monoisotopic (exact) mass is 370 g/mol. The van der Waals surface area contributed by atoms with Gasteiger partial charge in [-0.25, -0.2) is 9.37 Å². The van der Waals surface area contributed by atoms with Crippen molar-refractivity contribution in [3.8, 4) is 0 Å². The Hall–Kier alpha value is -0.780. The number of nitrogens with one attached hydrogen (secondary N) is 1. The smallest absolute Gasteiger partial charge is 0.128 e. The predicted molar refractivity (Wildman–Crippen MR) is 90.4 cm³/mol. The maximum Gasteiger partial charge on any atom is 0.128 e. The van der Waals surface area contributed by atoms with Crippen molar-refractivity contribution in [1.29, 1.82) is 0 Å². The van der Waals surface area contributed by atoms with Crippen molar-refractivity contribution in [3.05, 3.63) is 50.1 Å². The Morgan fingerprint density at radius 2 is 2.10 bits per heavy atom. The number of hydrogen-bond acceptors (Lipinski definition) is 3. The van der Waals surface area contributed by atoms with Crippen LogP contribution < -0.4 is 5.32 Å². The van der Waals surface area contributed by atoms with Crippen LogP contribution >= 0.6 is 27.3 Å². The molecule has 2 aromatic rings. The van der Waals surface area contributed by atoms with Crippen LogP contribution in [0.25, 0.3) is 0 Å². The minimum Gasteiger partial charge on any atom is -0.313 e. The summed E-state index contributed by atoms with van der Waals surface area (Å²) in [5.74, 6) is -0.190. The largest absolute Gasteiger partial charge is 0.313 e. The van der Waals surface area contributed by atoms with Crippen LogP contribution in [0.5, 0.6) is 0 Å². The number of rotatable bonds is 4. The van der Waals surface area contributed by atoms with E-state index in [-0.39, 0.29) is 17.3 Å². The minimum absolute atomic E-state index is 0.0465. The molecule has 5 heteroatoms. The van der Waals surface area contributed by atoms with Crippen molar-refractivity contribution in [2.45, 2.75) is 38.6 Å². The molecule has 0 fully saturated rings. The Bertz CT molecular complexity index is 619. The second-order valence-electron chi connectivity index (χ2n) is 6.09. The van der Waals surface area contributed by atoms with Crippen LogP contribution in [0.3, 0.4) is 0 Å². The minimum atomic E-state index is -0.190. The van der Waals surface area contributed by atoms with E-state index in [0.717, 1.165) is 15.2 Å². The summed E-state index contributed by atoms with van der Waals surface area (Å²) >= 11 is 5.04. The molecule has 1 unspecified atom stereocenters. The summed E-state index contributed by atoms with van der Waals surface area (Å²) in [7, 11) is 1.85. The molecular weight excluding hydrogens is 351 g/mol. The quantitative estimate of drug-likeness (QED) is 0.832. The van der Waals surface area contributed by atoms with Gasteiger partial charge < -0.3 is 5.32 Å². The molecule has 2 rings (SSSR count). The normalized spacial score (nSPS) is 13.4. The molecule has 0 spiro atoms. The summed E-state index contributed by atoms with van der Waals surface area (Å²) in [6.45, 7) is 6.44. The number of benzene rings is 1. The molecule has 0 bridgehead atoms. The molecule has 0 aliphatic heterocycles. The van der Waals surface area contributed by atoms with Gasteiger partial charge in [0.25, 0.3) is 0 Å². The number of nitrogens with zero attached hydrogens (tertiary/aromatic N) is 1. The highest BCUT2D eigenvalue weighted by Gasteiger charge is 2.20. The third-order valence-electron chi connectivity index (χ3n) is 3.38. The molecule has 0 amide bonds. The molecule has 2 nitrogen and oxygen atoms in total. The van der Waals surface area contributed by atoms with Crippen molar-refractivity contribution in [1.82, 2.24) is 10.3 Å². The molecule has 1 N–H and O–H groups in total. The molecule has 0 saturated heterocycles. The third-order valence-corrected chi connectivity index (χ3v) is 4.75. The van der Waals surface area contributed by atoms with Gasteiger partial charge in [0.1, 0.15) is 5.82 Å². The van der Waals surface area contributed by atoms with Gasteiger partial charge in [-0.3, -0.25) is 0 Å². The SMILES string of the molecule is CNC(Cc1nc(C(C)(C)C)cs1)c1cc(Br)ccc1F. The highest BCUT2D eigenvalue weighted by molar-refractivity contribution is 9.10. The molecule has 114 valence electrons. The van der Waals surface area contributed by atoms with E-state index >= 15 is 0 Å². The lowest BCUT2D eigenvalue weighted by atomic mass is 9.93. The van der Waals surface area contributed by atoms with E-state index in [1.165, 1.54) is 6.07 Å². The standard InChI is InChI=1S/C16H20BrFN2S/c1-16(2,3)14-9-21-15(20-14)8-13(19-4)11-7-10(17)5-6-12(11)18/h5-7,9,13,19H,8H2,1-4H3. The van der Waals surface area contributed by atoms with Crippen LogP contribution in [0.2, 0.25) is 0 Å². The first kappa shape index (κ1) is 16.6. The van der Waals surface area contributed by atoms with Crippen molar-refractivity contribution in [2.24, 2.45) is 0 Å². The Kier molecular flexibility index (Phi) is 5.17. The van der Waals surface area contributed by atoms with E-state index in [2.05, 4.69) is 47.4 Å². The fraction of sp³-hybridized carbons (Fsp3) is 0.438. The molecule has 1 atom stereocenters. The second kappa shape index (κ2) is 6.55. The molecule has 0 saturated carbocycles. The average molecular weight is 371 g/mol. The lowest BCUT2D eigenvalue weighted by molar-refractivity contribution is 0.528. The highest BCUT2D eigenvalue weighted by atomic mass is 79.9. The van der Waals surface area contributed by atoms with Gasteiger partial charge in [0.05, 0.1) is 10.7 Å². The average Bonchev–Trinajstić information content (AvgIpc) is 2.87. The molecule has 21 heavy (non-hydrogen) atoms. The van der Waals surface area contributed by atoms with E-state index in [9.17, 15) is 4.39 Å². The number of thiazole rings is 1. The van der Waals surface area contributed by atoms with Gasteiger partial charge in [0.2, 0.25) is 0 Å². The van der Waals surface area contributed by atoms with Gasteiger partial charge in [0, 0.05) is 33.3 Å². The van der Waals surface area contributed by atoms with Crippen LogP contribution in [-0.2, 0) is 11.8 Å². The molecule has 0 aliphatic rings. The summed E-state index contributed by atoms with van der Waals surface area (Å²) in [5, 5.41) is 6.31. The van der Waals surface area contributed by atoms with Crippen LogP contribution in [0.1, 0.15) is 43.1 Å². The van der Waals surface area contributed by atoms with Crippen LogP contribution in [-0.4, -0.2) is 12.0 Å². The number of hydrogen-bond donors (Lipinski definition) is 1. The zero-order valence-corrected chi connectivity index (χ0v) is 15.1. The van der Waals surface area contributed by atoms with Gasteiger partial charge in [-0.05, 0) is 25.2 Å². The summed E-state index contributed by atoms with van der Waals surface area (Å²) in [6.07, 6.45) is 0.685. The molecule has 0 radical (unpaired) electrons. The second-order valence-corrected chi connectivity index (χ2v) is 7.95. The fourth-order valence-corrected chi connectivity index (χ4v) is 3.52. The summed E-state index contributed by atoms with van der Waals surface area (Å²) in [4.78, 5) is 4.69. The zero-order valence-electron chi connectivity index (χ0n) is 12.7. The highest BCUT2D eigenvalue weighted by Crippen LogP contribution is 2.28. The van der Waals surface area contributed by atoms with E-state index in [1.807, 2.05) is 13.1 Å². The first-order valence-electron chi connectivity index (χ1n) is 6.88. The van der Waals surface area contributed by atoms with Crippen molar-refractivity contribution < 1.29 is 4.39 Å². The maximum absolute atomic E-state index is 14.0. The van der Waals surface area contributed by atoms with Crippen molar-refractivity contribution in [2.75, 3.05) is 7.05 Å². The number of aromatic nitrogens is 1. The molecule has 1 heterocycles. The summed E-state index contributed by atoms with van der Waals surface area (Å²) in [5.41, 5.74) is 1.80. The molecule has 1 aromatic heterocycles. The van der Waals surface area contributed by atoms with E-state index in [0.29, 0.717) is 12.0 Å². The van der Waals surface area contributed by atoms with Crippen molar-refractivity contribution >= 4 is 27.3 Å². The Balaban J connectivity index is 2.23. The number of halogens is 2. The zero-order chi connectivity index (χ0) is 15.6. The van der Waals surface area contributed by atoms with E-state index in [1.54, 1.807) is 17.4 Å². The lowest BCUT2D eigenvalue weighted by Crippen LogP contribution is -2.20. The van der Waals surface area contributed by atoms with Gasteiger partial charge in [0.15, 0.2) is 0 Å². The Labute approximate surface area is 137 Å².